The lowest BCUT2D eigenvalue weighted by atomic mass is 9.88. The zero-order chi connectivity index (χ0) is 10.0. The zero-order valence-corrected chi connectivity index (χ0v) is 8.02. The molecule has 1 aromatic rings. The van der Waals surface area contributed by atoms with Crippen molar-refractivity contribution >= 4 is 0 Å². The van der Waals surface area contributed by atoms with Crippen molar-refractivity contribution in [3.8, 4) is 0 Å². The normalized spacial score (nSPS) is 21.3. The Labute approximate surface area is 83.5 Å². The molecule has 1 saturated heterocycles. The Balaban J connectivity index is 1.98. The Morgan fingerprint density at radius 1 is 1.36 bits per heavy atom. The summed E-state index contributed by atoms with van der Waals surface area (Å²) in [7, 11) is 0. The smallest absolute Gasteiger partial charge is 0.126 e. The first-order valence-electron chi connectivity index (χ1n) is 4.80. The van der Waals surface area contributed by atoms with Gasteiger partial charge in [0.25, 0.3) is 0 Å². The first kappa shape index (κ1) is 9.65. The lowest BCUT2D eigenvalue weighted by Crippen LogP contribution is -2.62. The van der Waals surface area contributed by atoms with E-state index in [4.69, 9.17) is 10.5 Å². The van der Waals surface area contributed by atoms with Crippen LogP contribution >= 0.6 is 0 Å². The summed E-state index contributed by atoms with van der Waals surface area (Å²) in [6.07, 6.45) is 0.695. The Morgan fingerprint density at radius 3 is 2.50 bits per heavy atom. The molecule has 14 heavy (non-hydrogen) atoms. The third kappa shape index (κ3) is 1.80. The van der Waals surface area contributed by atoms with Gasteiger partial charge in [-0.25, -0.2) is 0 Å². The number of ether oxygens (including phenoxy) is 1. The van der Waals surface area contributed by atoms with E-state index < -0.39 is 5.60 Å². The minimum Gasteiger partial charge on any atom is -0.383 e. The van der Waals surface area contributed by atoms with Crippen molar-refractivity contribution in [1.82, 2.24) is 0 Å². The fourth-order valence-electron chi connectivity index (χ4n) is 1.58. The van der Waals surface area contributed by atoms with Crippen LogP contribution in [0.1, 0.15) is 5.56 Å². The van der Waals surface area contributed by atoms with Crippen LogP contribution in [0.4, 0.5) is 0 Å². The maximum atomic E-state index is 9.89. The van der Waals surface area contributed by atoms with Crippen LogP contribution in [0, 0.1) is 0 Å². The van der Waals surface area contributed by atoms with Gasteiger partial charge >= 0.3 is 0 Å². The molecule has 3 heteroatoms. The average Bonchev–Trinajstić information content (AvgIpc) is 2.15. The molecule has 0 amide bonds. The number of rotatable bonds is 3. The molecule has 1 fully saturated rings. The van der Waals surface area contributed by atoms with E-state index in [0.29, 0.717) is 19.6 Å². The molecular formula is C11H15NO2. The van der Waals surface area contributed by atoms with Gasteiger partial charge in [0.2, 0.25) is 0 Å². The van der Waals surface area contributed by atoms with E-state index in [2.05, 4.69) is 0 Å². The van der Waals surface area contributed by atoms with Crippen molar-refractivity contribution in [3.63, 3.8) is 0 Å². The average molecular weight is 193 g/mol. The number of hydrogen-bond acceptors (Lipinski definition) is 3. The molecule has 0 radical (unpaired) electrons. The van der Waals surface area contributed by atoms with Crippen LogP contribution < -0.4 is 5.73 Å². The Hall–Kier alpha value is -0.900. The van der Waals surface area contributed by atoms with Gasteiger partial charge in [0.15, 0.2) is 0 Å². The molecule has 2 rings (SSSR count). The summed E-state index contributed by atoms with van der Waals surface area (Å²) in [5.41, 5.74) is 6.26. The van der Waals surface area contributed by atoms with E-state index in [0.717, 1.165) is 5.56 Å². The minimum atomic E-state index is -0.810. The van der Waals surface area contributed by atoms with Crippen LogP contribution in [0.15, 0.2) is 30.3 Å². The van der Waals surface area contributed by atoms with Gasteiger partial charge in [-0.05, 0) is 12.0 Å². The summed E-state index contributed by atoms with van der Waals surface area (Å²) < 4.78 is 4.97. The van der Waals surface area contributed by atoms with Gasteiger partial charge in [0.05, 0.1) is 13.2 Å². The second kappa shape index (κ2) is 3.69. The van der Waals surface area contributed by atoms with Gasteiger partial charge in [0, 0.05) is 6.04 Å². The molecule has 3 nitrogen and oxygen atoms in total. The molecule has 0 bridgehead atoms. The molecule has 0 aliphatic carbocycles. The SMILES string of the molecule is N[C@@H](Cc1ccccc1)C1(O)COC1. The molecule has 1 aromatic carbocycles. The highest BCUT2D eigenvalue weighted by Crippen LogP contribution is 2.22. The first-order chi connectivity index (χ1) is 6.71. The summed E-state index contributed by atoms with van der Waals surface area (Å²) in [5.74, 6) is 0. The van der Waals surface area contributed by atoms with Gasteiger partial charge < -0.3 is 15.6 Å². The highest BCUT2D eigenvalue weighted by atomic mass is 16.5. The Bertz CT molecular complexity index is 295. The quantitative estimate of drug-likeness (QED) is 0.726. The van der Waals surface area contributed by atoms with E-state index in [9.17, 15) is 5.11 Å². The molecule has 1 aliphatic rings. The van der Waals surface area contributed by atoms with E-state index in [-0.39, 0.29) is 6.04 Å². The van der Waals surface area contributed by atoms with Gasteiger partial charge in [0.1, 0.15) is 5.60 Å². The van der Waals surface area contributed by atoms with Crippen molar-refractivity contribution in [2.45, 2.75) is 18.1 Å². The van der Waals surface area contributed by atoms with Crippen LogP contribution in [-0.2, 0) is 11.2 Å². The van der Waals surface area contributed by atoms with Crippen LogP contribution in [0.2, 0.25) is 0 Å². The molecule has 0 saturated carbocycles. The van der Waals surface area contributed by atoms with E-state index in [1.807, 2.05) is 30.3 Å². The van der Waals surface area contributed by atoms with Crippen molar-refractivity contribution in [2.24, 2.45) is 5.73 Å². The predicted molar refractivity (Wildman–Crippen MR) is 53.9 cm³/mol. The molecule has 0 spiro atoms. The lowest BCUT2D eigenvalue weighted by Gasteiger charge is -2.41. The van der Waals surface area contributed by atoms with Gasteiger partial charge in [-0.1, -0.05) is 30.3 Å². The highest BCUT2D eigenvalue weighted by molar-refractivity contribution is 5.17. The molecule has 1 atom stereocenters. The summed E-state index contributed by atoms with van der Waals surface area (Å²) >= 11 is 0. The number of aliphatic hydroxyl groups is 1. The Morgan fingerprint density at radius 2 is 2.00 bits per heavy atom. The summed E-state index contributed by atoms with van der Waals surface area (Å²) in [4.78, 5) is 0. The molecule has 1 aliphatic heterocycles. The number of benzene rings is 1. The van der Waals surface area contributed by atoms with Gasteiger partial charge in [-0.3, -0.25) is 0 Å². The maximum Gasteiger partial charge on any atom is 0.126 e. The molecule has 76 valence electrons. The van der Waals surface area contributed by atoms with Gasteiger partial charge in [-0.15, -0.1) is 0 Å². The van der Waals surface area contributed by atoms with Crippen molar-refractivity contribution in [1.29, 1.82) is 0 Å². The van der Waals surface area contributed by atoms with E-state index in [1.54, 1.807) is 0 Å². The van der Waals surface area contributed by atoms with Crippen LogP contribution in [-0.4, -0.2) is 30.0 Å². The molecule has 0 aromatic heterocycles. The third-order valence-electron chi connectivity index (χ3n) is 2.69. The van der Waals surface area contributed by atoms with Gasteiger partial charge in [-0.2, -0.15) is 0 Å². The molecule has 3 N–H and O–H groups in total. The molecule has 1 heterocycles. The fourth-order valence-corrected chi connectivity index (χ4v) is 1.58. The van der Waals surface area contributed by atoms with Crippen molar-refractivity contribution < 1.29 is 9.84 Å². The second-order valence-electron chi connectivity index (χ2n) is 3.89. The minimum absolute atomic E-state index is 0.237. The summed E-state index contributed by atoms with van der Waals surface area (Å²) in [6, 6.07) is 9.72. The highest BCUT2D eigenvalue weighted by Gasteiger charge is 2.41. The van der Waals surface area contributed by atoms with Crippen LogP contribution in [0.3, 0.4) is 0 Å². The molecule has 0 unspecified atom stereocenters. The topological polar surface area (TPSA) is 55.5 Å². The van der Waals surface area contributed by atoms with Crippen molar-refractivity contribution in [2.75, 3.05) is 13.2 Å². The van der Waals surface area contributed by atoms with E-state index in [1.165, 1.54) is 0 Å². The molecular weight excluding hydrogens is 178 g/mol. The van der Waals surface area contributed by atoms with E-state index >= 15 is 0 Å². The third-order valence-corrected chi connectivity index (χ3v) is 2.69. The zero-order valence-electron chi connectivity index (χ0n) is 8.02. The standard InChI is InChI=1S/C11H15NO2/c12-10(11(13)7-14-8-11)6-9-4-2-1-3-5-9/h1-5,10,13H,6-8,12H2/t10-/m0/s1. The Kier molecular flexibility index (Phi) is 2.54. The van der Waals surface area contributed by atoms with Crippen molar-refractivity contribution in [3.05, 3.63) is 35.9 Å². The lowest BCUT2D eigenvalue weighted by molar-refractivity contribution is -0.189. The van der Waals surface area contributed by atoms with Crippen LogP contribution in [0.25, 0.3) is 0 Å². The fraction of sp³-hybridized carbons (Fsp3) is 0.455. The number of nitrogens with two attached hydrogens (primary N) is 1. The monoisotopic (exact) mass is 193 g/mol. The first-order valence-corrected chi connectivity index (χ1v) is 4.80. The maximum absolute atomic E-state index is 9.89. The summed E-state index contributed by atoms with van der Waals surface area (Å²) in [5, 5.41) is 9.89. The predicted octanol–water partition coefficient (Wildman–Crippen LogP) is 0.318. The summed E-state index contributed by atoms with van der Waals surface area (Å²) in [6.45, 7) is 0.724. The second-order valence-corrected chi connectivity index (χ2v) is 3.89. The number of hydrogen-bond donors (Lipinski definition) is 2. The largest absolute Gasteiger partial charge is 0.383 e. The van der Waals surface area contributed by atoms with Crippen LogP contribution in [0.5, 0.6) is 0 Å².